The van der Waals surface area contributed by atoms with Crippen LogP contribution in [0.15, 0.2) is 59.0 Å². The van der Waals surface area contributed by atoms with Crippen LogP contribution in [-0.4, -0.2) is 39.6 Å². The van der Waals surface area contributed by atoms with Crippen molar-refractivity contribution < 1.29 is 27.2 Å². The van der Waals surface area contributed by atoms with Crippen LogP contribution in [0.2, 0.25) is 0 Å². The smallest absolute Gasteiger partial charge is 0.421 e. The van der Waals surface area contributed by atoms with Crippen molar-refractivity contribution in [2.75, 3.05) is 11.9 Å². The van der Waals surface area contributed by atoms with Crippen molar-refractivity contribution in [1.82, 2.24) is 15.1 Å². The number of alkyl halides is 3. The number of aromatic nitrogens is 2. The molecule has 7 nitrogen and oxygen atoms in total. The number of carbonyl (C=O) groups excluding carboxylic acids is 2. The van der Waals surface area contributed by atoms with Crippen LogP contribution in [0.1, 0.15) is 31.2 Å². The Balaban J connectivity index is 1.50. The monoisotopic (exact) mass is 460 g/mol. The molecule has 0 saturated carbocycles. The minimum Gasteiger partial charge on any atom is -0.421 e. The molecular formula is C23H23F3N4O3. The maximum absolute atomic E-state index is 12.7. The Hall–Kier alpha value is -3.69. The topological polar surface area (TPSA) is 88.3 Å². The highest BCUT2D eigenvalue weighted by molar-refractivity contribution is 5.90. The van der Waals surface area contributed by atoms with E-state index in [9.17, 15) is 22.8 Å². The zero-order valence-corrected chi connectivity index (χ0v) is 17.9. The quantitative estimate of drug-likeness (QED) is 0.504. The van der Waals surface area contributed by atoms with Crippen molar-refractivity contribution in [2.45, 2.75) is 38.9 Å². The van der Waals surface area contributed by atoms with E-state index in [0.717, 1.165) is 5.56 Å². The summed E-state index contributed by atoms with van der Waals surface area (Å²) in [4.78, 5) is 24.5. The molecule has 0 bridgehead atoms. The zero-order valence-electron chi connectivity index (χ0n) is 17.9. The van der Waals surface area contributed by atoms with E-state index < -0.39 is 12.1 Å². The minimum absolute atomic E-state index is 0.0867. The number of nitrogens with one attached hydrogen (secondary N) is 1. The number of aryl methyl sites for hydroxylation is 1. The summed E-state index contributed by atoms with van der Waals surface area (Å²) in [6, 6.07) is 15.7. The van der Waals surface area contributed by atoms with E-state index in [1.165, 1.54) is 6.92 Å². The average molecular weight is 460 g/mol. The van der Waals surface area contributed by atoms with Crippen molar-refractivity contribution in [2.24, 2.45) is 0 Å². The van der Waals surface area contributed by atoms with Crippen LogP contribution in [0, 0.1) is 0 Å². The Morgan fingerprint density at radius 1 is 1.06 bits per heavy atom. The van der Waals surface area contributed by atoms with Gasteiger partial charge in [-0.25, -0.2) is 0 Å². The molecule has 1 heterocycles. The lowest BCUT2D eigenvalue weighted by Gasteiger charge is -2.22. The van der Waals surface area contributed by atoms with E-state index >= 15 is 0 Å². The fourth-order valence-corrected chi connectivity index (χ4v) is 3.15. The number of amides is 2. The van der Waals surface area contributed by atoms with Gasteiger partial charge in [-0.1, -0.05) is 30.3 Å². The standard InChI is InChI=1S/C23H23F3N4O3/c1-2-30(22(32)23(24,25)26)15-16-8-6-11-18(14-16)27-19(31)12-7-13-20-28-29-21(33-20)17-9-4-3-5-10-17/h3-6,8-11,14H,2,7,12-13,15H2,1H3,(H,27,31). The molecule has 10 heteroatoms. The molecule has 174 valence electrons. The van der Waals surface area contributed by atoms with E-state index in [2.05, 4.69) is 15.5 Å². The Kier molecular flexibility index (Phi) is 7.81. The van der Waals surface area contributed by atoms with Crippen LogP contribution in [0.4, 0.5) is 18.9 Å². The third kappa shape index (κ3) is 6.90. The summed E-state index contributed by atoms with van der Waals surface area (Å²) >= 11 is 0. The summed E-state index contributed by atoms with van der Waals surface area (Å²) in [5.41, 5.74) is 1.73. The largest absolute Gasteiger partial charge is 0.471 e. The Bertz CT molecular complexity index is 1080. The van der Waals surface area contributed by atoms with Gasteiger partial charge in [-0.2, -0.15) is 13.2 Å². The molecule has 0 fully saturated rings. The normalized spacial score (nSPS) is 11.3. The fourth-order valence-electron chi connectivity index (χ4n) is 3.15. The molecule has 0 unspecified atom stereocenters. The predicted molar refractivity (Wildman–Crippen MR) is 115 cm³/mol. The van der Waals surface area contributed by atoms with Crippen LogP contribution in [0.3, 0.4) is 0 Å². The molecule has 3 aromatic rings. The summed E-state index contributed by atoms with van der Waals surface area (Å²) < 4.78 is 43.7. The first-order valence-electron chi connectivity index (χ1n) is 10.4. The molecule has 2 amide bonds. The van der Waals surface area contributed by atoms with E-state index in [4.69, 9.17) is 4.42 Å². The van der Waals surface area contributed by atoms with Crippen molar-refractivity contribution >= 4 is 17.5 Å². The van der Waals surface area contributed by atoms with Crippen LogP contribution in [-0.2, 0) is 22.6 Å². The van der Waals surface area contributed by atoms with Crippen molar-refractivity contribution in [3.8, 4) is 11.5 Å². The molecule has 0 aliphatic rings. The second kappa shape index (κ2) is 10.8. The third-order valence-electron chi connectivity index (χ3n) is 4.78. The van der Waals surface area contributed by atoms with Gasteiger partial charge < -0.3 is 14.6 Å². The van der Waals surface area contributed by atoms with Crippen LogP contribution in [0.5, 0.6) is 0 Å². The van der Waals surface area contributed by atoms with Gasteiger partial charge >= 0.3 is 12.1 Å². The van der Waals surface area contributed by atoms with Gasteiger partial charge in [-0.3, -0.25) is 9.59 Å². The number of benzene rings is 2. The summed E-state index contributed by atoms with van der Waals surface area (Å²) in [5, 5.41) is 10.7. The first-order valence-corrected chi connectivity index (χ1v) is 10.4. The summed E-state index contributed by atoms with van der Waals surface area (Å²) in [7, 11) is 0. The highest BCUT2D eigenvalue weighted by Crippen LogP contribution is 2.21. The van der Waals surface area contributed by atoms with Crippen molar-refractivity contribution in [1.29, 1.82) is 0 Å². The van der Waals surface area contributed by atoms with Gasteiger partial charge in [0.05, 0.1) is 0 Å². The fraction of sp³-hybridized carbons (Fsp3) is 0.304. The van der Waals surface area contributed by atoms with Gasteiger partial charge in [0, 0.05) is 37.2 Å². The molecule has 0 spiro atoms. The lowest BCUT2D eigenvalue weighted by Crippen LogP contribution is -2.40. The predicted octanol–water partition coefficient (Wildman–Crippen LogP) is 4.61. The molecule has 3 rings (SSSR count). The number of anilines is 1. The van der Waals surface area contributed by atoms with Crippen LogP contribution >= 0.6 is 0 Å². The molecule has 0 aliphatic heterocycles. The molecule has 2 aromatic carbocycles. The number of halogens is 3. The first-order chi connectivity index (χ1) is 15.8. The molecular weight excluding hydrogens is 437 g/mol. The molecule has 33 heavy (non-hydrogen) atoms. The molecule has 0 atom stereocenters. The second-order valence-corrected chi connectivity index (χ2v) is 7.29. The Morgan fingerprint density at radius 2 is 1.82 bits per heavy atom. The summed E-state index contributed by atoms with van der Waals surface area (Å²) in [6.07, 6.45) is -3.83. The average Bonchev–Trinajstić information content (AvgIpc) is 3.26. The van der Waals surface area contributed by atoms with Crippen LogP contribution < -0.4 is 5.32 Å². The summed E-state index contributed by atoms with van der Waals surface area (Å²) in [6.45, 7) is 1.18. The highest BCUT2D eigenvalue weighted by Gasteiger charge is 2.41. The SMILES string of the molecule is CCN(Cc1cccc(NC(=O)CCCc2nnc(-c3ccccc3)o2)c1)C(=O)C(F)(F)F. The van der Waals surface area contributed by atoms with Gasteiger partial charge in [-0.05, 0) is 43.2 Å². The van der Waals surface area contributed by atoms with E-state index in [1.807, 2.05) is 30.3 Å². The second-order valence-electron chi connectivity index (χ2n) is 7.29. The summed E-state index contributed by atoms with van der Waals surface area (Å²) in [5.74, 6) is -1.31. The third-order valence-corrected chi connectivity index (χ3v) is 4.78. The number of hydrogen-bond donors (Lipinski definition) is 1. The van der Waals surface area contributed by atoms with E-state index in [0.29, 0.717) is 40.8 Å². The lowest BCUT2D eigenvalue weighted by molar-refractivity contribution is -0.185. The first kappa shape index (κ1) is 24.0. The molecule has 0 saturated heterocycles. The number of nitrogens with zero attached hydrogens (tertiary/aromatic N) is 3. The molecule has 1 aromatic heterocycles. The van der Waals surface area contributed by atoms with Crippen molar-refractivity contribution in [3.63, 3.8) is 0 Å². The Morgan fingerprint density at radius 3 is 2.52 bits per heavy atom. The zero-order chi connectivity index (χ0) is 23.8. The minimum atomic E-state index is -4.93. The van der Waals surface area contributed by atoms with Crippen molar-refractivity contribution in [3.05, 3.63) is 66.1 Å². The maximum Gasteiger partial charge on any atom is 0.471 e. The van der Waals surface area contributed by atoms with Crippen LogP contribution in [0.25, 0.3) is 11.5 Å². The highest BCUT2D eigenvalue weighted by atomic mass is 19.4. The number of carbonyl (C=O) groups is 2. The number of hydrogen-bond acceptors (Lipinski definition) is 5. The molecule has 0 aliphatic carbocycles. The van der Waals surface area contributed by atoms with Gasteiger partial charge in [0.25, 0.3) is 0 Å². The Labute approximate surface area is 188 Å². The van der Waals surface area contributed by atoms with Gasteiger partial charge in [0.2, 0.25) is 17.7 Å². The number of rotatable bonds is 9. The molecule has 0 radical (unpaired) electrons. The van der Waals surface area contributed by atoms with Gasteiger partial charge in [-0.15, -0.1) is 10.2 Å². The lowest BCUT2D eigenvalue weighted by atomic mass is 10.1. The van der Waals surface area contributed by atoms with Gasteiger partial charge in [0.15, 0.2) is 0 Å². The molecule has 1 N–H and O–H groups in total. The van der Waals surface area contributed by atoms with E-state index in [1.54, 1.807) is 24.3 Å². The van der Waals surface area contributed by atoms with E-state index in [-0.39, 0.29) is 25.4 Å². The maximum atomic E-state index is 12.7. The van der Waals surface area contributed by atoms with Gasteiger partial charge in [0.1, 0.15) is 0 Å².